The molecule has 28 heavy (non-hydrogen) atoms. The molecular weight excluding hydrogens is 380 g/mol. The number of nitrogens with zero attached hydrogens (tertiary/aromatic N) is 2. The molecular formula is C20H27ClN4O3. The average Bonchev–Trinajstić information content (AvgIpc) is 2.86. The Balaban J connectivity index is 1.97. The molecule has 0 saturated carbocycles. The minimum Gasteiger partial charge on any atom is -0.463 e. The second-order valence-electron chi connectivity index (χ2n) is 7.10. The zero-order valence-corrected chi connectivity index (χ0v) is 17.1. The van der Waals surface area contributed by atoms with Gasteiger partial charge >= 0.3 is 12.0 Å². The van der Waals surface area contributed by atoms with Crippen molar-refractivity contribution in [3.8, 4) is 0 Å². The largest absolute Gasteiger partial charge is 0.463 e. The summed E-state index contributed by atoms with van der Waals surface area (Å²) in [5.41, 5.74) is 1.67. The van der Waals surface area contributed by atoms with Gasteiger partial charge in [0.2, 0.25) is 0 Å². The topological polar surface area (TPSA) is 73.9 Å². The first-order chi connectivity index (χ1) is 13.5. The molecule has 0 bridgehead atoms. The van der Waals surface area contributed by atoms with Gasteiger partial charge in [-0.15, -0.1) is 0 Å². The third kappa shape index (κ3) is 4.84. The van der Waals surface area contributed by atoms with Gasteiger partial charge in [0.1, 0.15) is 0 Å². The molecule has 1 atom stereocenters. The molecule has 2 aliphatic heterocycles. The zero-order chi connectivity index (χ0) is 20.1. The van der Waals surface area contributed by atoms with Gasteiger partial charge in [0.25, 0.3) is 0 Å². The van der Waals surface area contributed by atoms with E-state index in [0.717, 1.165) is 32.6 Å². The van der Waals surface area contributed by atoms with E-state index in [-0.39, 0.29) is 12.6 Å². The number of benzene rings is 1. The molecule has 1 fully saturated rings. The van der Waals surface area contributed by atoms with E-state index >= 15 is 0 Å². The molecule has 0 radical (unpaired) electrons. The van der Waals surface area contributed by atoms with Gasteiger partial charge in [0.05, 0.1) is 18.2 Å². The number of hydrogen-bond donors (Lipinski definition) is 2. The zero-order valence-electron chi connectivity index (χ0n) is 16.3. The molecule has 152 valence electrons. The van der Waals surface area contributed by atoms with Gasteiger partial charge in [-0.2, -0.15) is 0 Å². The summed E-state index contributed by atoms with van der Waals surface area (Å²) in [6.07, 6.45) is 1.04. The van der Waals surface area contributed by atoms with Gasteiger partial charge < -0.3 is 20.3 Å². The Morgan fingerprint density at radius 2 is 2.04 bits per heavy atom. The first-order valence-electron chi connectivity index (χ1n) is 9.62. The number of urea groups is 1. The first-order valence-corrected chi connectivity index (χ1v) is 10.0. The van der Waals surface area contributed by atoms with Crippen molar-refractivity contribution >= 4 is 23.6 Å². The number of halogens is 1. The van der Waals surface area contributed by atoms with Gasteiger partial charge in [0.15, 0.2) is 0 Å². The second kappa shape index (κ2) is 9.41. The maximum Gasteiger partial charge on any atom is 0.338 e. The van der Waals surface area contributed by atoms with E-state index in [1.165, 1.54) is 0 Å². The minimum atomic E-state index is -0.647. The van der Waals surface area contributed by atoms with E-state index in [1.54, 1.807) is 13.0 Å². The van der Waals surface area contributed by atoms with Crippen LogP contribution < -0.4 is 10.6 Å². The van der Waals surface area contributed by atoms with Crippen LogP contribution in [-0.4, -0.2) is 68.2 Å². The number of likely N-dealkylation sites (N-methyl/N-ethyl adjacent to an activating group) is 1. The van der Waals surface area contributed by atoms with Gasteiger partial charge in [-0.3, -0.25) is 4.90 Å². The summed E-state index contributed by atoms with van der Waals surface area (Å²) < 4.78 is 5.31. The van der Waals surface area contributed by atoms with Crippen molar-refractivity contribution in [3.63, 3.8) is 0 Å². The number of carbonyl (C=O) groups is 2. The first kappa shape index (κ1) is 20.6. The number of hydrogen-bond acceptors (Lipinski definition) is 5. The van der Waals surface area contributed by atoms with Crippen molar-refractivity contribution in [1.29, 1.82) is 0 Å². The lowest BCUT2D eigenvalue weighted by Crippen LogP contribution is -2.48. The molecule has 2 aliphatic rings. The highest BCUT2D eigenvalue weighted by Crippen LogP contribution is 2.32. The third-order valence-corrected chi connectivity index (χ3v) is 5.40. The summed E-state index contributed by atoms with van der Waals surface area (Å²) >= 11 is 6.37. The van der Waals surface area contributed by atoms with Gasteiger partial charge in [0, 0.05) is 30.4 Å². The van der Waals surface area contributed by atoms with Crippen molar-refractivity contribution in [2.24, 2.45) is 0 Å². The van der Waals surface area contributed by atoms with Crippen LogP contribution in [0.5, 0.6) is 0 Å². The van der Waals surface area contributed by atoms with E-state index in [9.17, 15) is 9.59 Å². The standard InChI is InChI=1S/C20H27ClN4O3/c1-3-28-19(26)17-16(13-25-10-6-9-24(2)11-12-25)22-20(27)23-18(17)14-7-4-5-8-15(14)21/h4-5,7-8,18H,3,6,9-13H2,1-2H3,(H2,22,23,27)/t18-/m1/s1. The molecule has 7 nitrogen and oxygen atoms in total. The number of ether oxygens (including phenoxy) is 1. The summed E-state index contributed by atoms with van der Waals surface area (Å²) in [7, 11) is 2.10. The molecule has 2 amide bonds. The molecule has 0 aromatic heterocycles. The second-order valence-corrected chi connectivity index (χ2v) is 7.51. The van der Waals surface area contributed by atoms with Crippen LogP contribution in [0.1, 0.15) is 24.9 Å². The molecule has 0 unspecified atom stereocenters. The number of carbonyl (C=O) groups excluding carboxylic acids is 2. The van der Waals surface area contributed by atoms with Crippen molar-refractivity contribution in [1.82, 2.24) is 20.4 Å². The minimum absolute atomic E-state index is 0.257. The Labute approximate surface area is 170 Å². The molecule has 1 aromatic rings. The van der Waals surface area contributed by atoms with E-state index < -0.39 is 12.0 Å². The van der Waals surface area contributed by atoms with Gasteiger partial charge in [-0.25, -0.2) is 9.59 Å². The van der Waals surface area contributed by atoms with Crippen molar-refractivity contribution in [3.05, 3.63) is 46.1 Å². The molecule has 0 spiro atoms. The Morgan fingerprint density at radius 1 is 1.25 bits per heavy atom. The fourth-order valence-electron chi connectivity index (χ4n) is 3.62. The summed E-state index contributed by atoms with van der Waals surface area (Å²) in [6.45, 7) is 6.27. The number of rotatable bonds is 5. The Kier molecular flexibility index (Phi) is 6.93. The quantitative estimate of drug-likeness (QED) is 0.733. The SMILES string of the molecule is CCOC(=O)C1=C(CN2CCCN(C)CC2)NC(=O)N[C@@H]1c1ccccc1Cl. The molecule has 1 saturated heterocycles. The highest BCUT2D eigenvalue weighted by molar-refractivity contribution is 6.31. The van der Waals surface area contributed by atoms with Crippen LogP contribution in [0.25, 0.3) is 0 Å². The molecule has 0 aliphatic carbocycles. The normalized spacial score (nSPS) is 21.7. The Hall–Kier alpha value is -2.09. The predicted octanol–water partition coefficient (Wildman–Crippen LogP) is 2.15. The Morgan fingerprint density at radius 3 is 2.79 bits per heavy atom. The van der Waals surface area contributed by atoms with Crippen LogP contribution in [0.15, 0.2) is 35.5 Å². The summed E-state index contributed by atoms with van der Waals surface area (Å²) in [5.74, 6) is -0.443. The molecule has 2 heterocycles. The van der Waals surface area contributed by atoms with Crippen molar-refractivity contribution in [2.45, 2.75) is 19.4 Å². The summed E-state index contributed by atoms with van der Waals surface area (Å²) in [6, 6.07) is 6.22. The number of nitrogens with one attached hydrogen (secondary N) is 2. The lowest BCUT2D eigenvalue weighted by atomic mass is 9.95. The molecule has 3 rings (SSSR count). The van der Waals surface area contributed by atoms with Crippen LogP contribution in [0, 0.1) is 0 Å². The van der Waals surface area contributed by atoms with Gasteiger partial charge in [-0.05, 0) is 45.1 Å². The Bertz CT molecular complexity index is 768. The number of esters is 1. The summed E-state index contributed by atoms with van der Waals surface area (Å²) in [4.78, 5) is 29.8. The molecule has 8 heteroatoms. The lowest BCUT2D eigenvalue weighted by Gasteiger charge is -2.32. The van der Waals surface area contributed by atoms with Crippen LogP contribution in [-0.2, 0) is 9.53 Å². The third-order valence-electron chi connectivity index (χ3n) is 5.06. The fourth-order valence-corrected chi connectivity index (χ4v) is 3.86. The maximum absolute atomic E-state index is 12.8. The van der Waals surface area contributed by atoms with Crippen molar-refractivity contribution < 1.29 is 14.3 Å². The van der Waals surface area contributed by atoms with Crippen LogP contribution in [0.4, 0.5) is 4.79 Å². The van der Waals surface area contributed by atoms with E-state index in [4.69, 9.17) is 16.3 Å². The maximum atomic E-state index is 12.8. The highest BCUT2D eigenvalue weighted by atomic mass is 35.5. The fraction of sp³-hybridized carbons (Fsp3) is 0.500. The lowest BCUT2D eigenvalue weighted by molar-refractivity contribution is -0.139. The molecule has 2 N–H and O–H groups in total. The van der Waals surface area contributed by atoms with Crippen molar-refractivity contribution in [2.75, 3.05) is 46.4 Å². The van der Waals surface area contributed by atoms with Crippen LogP contribution in [0.2, 0.25) is 5.02 Å². The van der Waals surface area contributed by atoms with E-state index in [0.29, 0.717) is 28.4 Å². The van der Waals surface area contributed by atoms with Gasteiger partial charge in [-0.1, -0.05) is 29.8 Å². The predicted molar refractivity (Wildman–Crippen MR) is 108 cm³/mol. The number of amides is 2. The van der Waals surface area contributed by atoms with Crippen LogP contribution in [0.3, 0.4) is 0 Å². The highest BCUT2D eigenvalue weighted by Gasteiger charge is 2.35. The summed E-state index contributed by atoms with van der Waals surface area (Å²) in [5, 5.41) is 6.16. The smallest absolute Gasteiger partial charge is 0.338 e. The average molecular weight is 407 g/mol. The molecule has 1 aromatic carbocycles. The van der Waals surface area contributed by atoms with E-state index in [2.05, 4.69) is 27.5 Å². The van der Waals surface area contributed by atoms with Crippen LogP contribution >= 0.6 is 11.6 Å². The monoisotopic (exact) mass is 406 g/mol. The van der Waals surface area contributed by atoms with E-state index in [1.807, 2.05) is 18.2 Å².